The number of rotatable bonds is 3. The maximum Gasteiger partial charge on any atom is 0.258 e. The molecular weight excluding hydrogens is 260 g/mol. The second-order valence-electron chi connectivity index (χ2n) is 4.79. The van der Waals surface area contributed by atoms with Crippen LogP contribution in [0.2, 0.25) is 0 Å². The Kier molecular flexibility index (Phi) is 3.65. The molecule has 0 bridgehead atoms. The average molecular weight is 276 g/mol. The van der Waals surface area contributed by atoms with E-state index in [1.165, 1.54) is 0 Å². The predicted molar refractivity (Wildman–Crippen MR) is 84.6 cm³/mol. The van der Waals surface area contributed by atoms with Gasteiger partial charge in [0.25, 0.3) is 5.56 Å². The predicted octanol–water partition coefficient (Wildman–Crippen LogP) is 3.46. The van der Waals surface area contributed by atoms with Gasteiger partial charge >= 0.3 is 0 Å². The van der Waals surface area contributed by atoms with Crippen LogP contribution in [0, 0.1) is 0 Å². The number of hydrogen-bond donors (Lipinski definition) is 0. The summed E-state index contributed by atoms with van der Waals surface area (Å²) in [6, 6.07) is 19.3. The van der Waals surface area contributed by atoms with E-state index >= 15 is 0 Å². The van der Waals surface area contributed by atoms with Gasteiger partial charge in [-0.15, -0.1) is 0 Å². The van der Waals surface area contributed by atoms with Crippen molar-refractivity contribution in [1.82, 2.24) is 9.55 Å². The average Bonchev–Trinajstić information content (AvgIpc) is 2.56. The molecule has 3 nitrogen and oxygen atoms in total. The van der Waals surface area contributed by atoms with Gasteiger partial charge in [0.1, 0.15) is 0 Å². The molecule has 0 radical (unpaired) electrons. The molecular formula is C18H16N2O. The van der Waals surface area contributed by atoms with E-state index in [0.29, 0.717) is 6.42 Å². The van der Waals surface area contributed by atoms with E-state index < -0.39 is 0 Å². The molecule has 0 aliphatic carbocycles. The fraction of sp³-hybridized carbons (Fsp3) is 0.111. The molecule has 2 heterocycles. The number of benzene rings is 1. The third-order valence-electron chi connectivity index (χ3n) is 3.48. The lowest BCUT2D eigenvalue weighted by molar-refractivity contribution is 0.941. The maximum absolute atomic E-state index is 12.7. The molecule has 0 saturated carbocycles. The summed E-state index contributed by atoms with van der Waals surface area (Å²) in [7, 11) is 0. The van der Waals surface area contributed by atoms with Gasteiger partial charge in [0.05, 0.1) is 11.4 Å². The van der Waals surface area contributed by atoms with Gasteiger partial charge in [-0.25, -0.2) is 0 Å². The molecule has 21 heavy (non-hydrogen) atoms. The Balaban J connectivity index is 2.31. The second-order valence-corrected chi connectivity index (χ2v) is 4.79. The molecule has 0 saturated heterocycles. The lowest BCUT2D eigenvalue weighted by Crippen LogP contribution is -2.23. The zero-order valence-electron chi connectivity index (χ0n) is 11.9. The highest BCUT2D eigenvalue weighted by Gasteiger charge is 2.11. The molecule has 0 amide bonds. The molecule has 0 fully saturated rings. The summed E-state index contributed by atoms with van der Waals surface area (Å²) in [5.41, 5.74) is 3.29. The van der Waals surface area contributed by atoms with Crippen LogP contribution in [-0.2, 0) is 6.42 Å². The topological polar surface area (TPSA) is 34.9 Å². The molecule has 1 aromatic carbocycles. The highest BCUT2D eigenvalue weighted by atomic mass is 16.1. The molecule has 0 spiro atoms. The molecule has 3 aromatic rings. The third kappa shape index (κ3) is 2.50. The standard InChI is InChI=1S/C18H16N2O/c1-2-14-11-12-17(16-10-6-7-13-19-16)20(18(14)21)15-8-4-3-5-9-15/h3-13H,2H2,1H3. The minimum atomic E-state index is 0.0202. The molecule has 2 aromatic heterocycles. The number of para-hydroxylation sites is 1. The number of pyridine rings is 2. The van der Waals surface area contributed by atoms with Gasteiger partial charge < -0.3 is 0 Å². The van der Waals surface area contributed by atoms with Gasteiger partial charge in [-0.2, -0.15) is 0 Å². The van der Waals surface area contributed by atoms with Crippen LogP contribution in [0.25, 0.3) is 17.1 Å². The highest BCUT2D eigenvalue weighted by Crippen LogP contribution is 2.19. The normalized spacial score (nSPS) is 10.5. The molecule has 0 aliphatic rings. The van der Waals surface area contributed by atoms with E-state index in [4.69, 9.17) is 0 Å². The first-order chi connectivity index (χ1) is 10.3. The molecule has 104 valence electrons. The van der Waals surface area contributed by atoms with Crippen molar-refractivity contribution in [2.45, 2.75) is 13.3 Å². The maximum atomic E-state index is 12.7. The van der Waals surface area contributed by atoms with E-state index in [9.17, 15) is 4.79 Å². The third-order valence-corrected chi connectivity index (χ3v) is 3.48. The summed E-state index contributed by atoms with van der Waals surface area (Å²) in [4.78, 5) is 17.1. The lowest BCUT2D eigenvalue weighted by atomic mass is 10.1. The van der Waals surface area contributed by atoms with Crippen LogP contribution in [-0.4, -0.2) is 9.55 Å². The van der Waals surface area contributed by atoms with Crippen molar-refractivity contribution in [3.63, 3.8) is 0 Å². The Morgan fingerprint density at radius 3 is 2.38 bits per heavy atom. The van der Waals surface area contributed by atoms with Gasteiger partial charge in [-0.1, -0.05) is 37.3 Å². The highest BCUT2D eigenvalue weighted by molar-refractivity contribution is 5.58. The Hall–Kier alpha value is -2.68. The summed E-state index contributed by atoms with van der Waals surface area (Å²) in [5, 5.41) is 0. The molecule has 3 heteroatoms. The number of hydrogen-bond acceptors (Lipinski definition) is 2. The Morgan fingerprint density at radius 1 is 0.952 bits per heavy atom. The van der Waals surface area contributed by atoms with E-state index in [-0.39, 0.29) is 5.56 Å². The monoisotopic (exact) mass is 276 g/mol. The largest absolute Gasteiger partial charge is 0.275 e. The number of aryl methyl sites for hydroxylation is 1. The van der Waals surface area contributed by atoms with Crippen LogP contribution in [0.5, 0.6) is 0 Å². The van der Waals surface area contributed by atoms with Crippen LogP contribution in [0.1, 0.15) is 12.5 Å². The summed E-state index contributed by atoms with van der Waals surface area (Å²) in [6.07, 6.45) is 2.46. The van der Waals surface area contributed by atoms with Crippen LogP contribution in [0.15, 0.2) is 71.7 Å². The molecule has 0 N–H and O–H groups in total. The van der Waals surface area contributed by atoms with E-state index in [2.05, 4.69) is 4.98 Å². The van der Waals surface area contributed by atoms with E-state index in [0.717, 1.165) is 22.6 Å². The van der Waals surface area contributed by atoms with Crippen LogP contribution >= 0.6 is 0 Å². The summed E-state index contributed by atoms with van der Waals surface area (Å²) in [5.74, 6) is 0. The van der Waals surface area contributed by atoms with Crippen LogP contribution in [0.4, 0.5) is 0 Å². The fourth-order valence-electron chi connectivity index (χ4n) is 2.40. The van der Waals surface area contributed by atoms with Gasteiger partial charge in [0.15, 0.2) is 0 Å². The van der Waals surface area contributed by atoms with E-state index in [1.54, 1.807) is 10.8 Å². The van der Waals surface area contributed by atoms with Crippen molar-refractivity contribution in [1.29, 1.82) is 0 Å². The zero-order chi connectivity index (χ0) is 14.7. The van der Waals surface area contributed by atoms with Crippen molar-refractivity contribution in [2.24, 2.45) is 0 Å². The Labute approximate surface area is 123 Å². The van der Waals surface area contributed by atoms with Gasteiger partial charge in [0.2, 0.25) is 0 Å². The van der Waals surface area contributed by atoms with Crippen molar-refractivity contribution in [3.05, 3.63) is 82.8 Å². The van der Waals surface area contributed by atoms with Crippen molar-refractivity contribution in [3.8, 4) is 17.1 Å². The lowest BCUT2D eigenvalue weighted by Gasteiger charge is -2.14. The Morgan fingerprint density at radius 2 is 1.71 bits per heavy atom. The summed E-state index contributed by atoms with van der Waals surface area (Å²) >= 11 is 0. The number of nitrogens with zero attached hydrogens (tertiary/aromatic N) is 2. The van der Waals surface area contributed by atoms with Gasteiger partial charge in [-0.3, -0.25) is 14.3 Å². The summed E-state index contributed by atoms with van der Waals surface area (Å²) in [6.45, 7) is 1.99. The first-order valence-electron chi connectivity index (χ1n) is 7.03. The van der Waals surface area contributed by atoms with E-state index in [1.807, 2.05) is 67.6 Å². The first kappa shape index (κ1) is 13.3. The smallest absolute Gasteiger partial charge is 0.258 e. The minimum absolute atomic E-state index is 0.0202. The fourth-order valence-corrected chi connectivity index (χ4v) is 2.40. The second kappa shape index (κ2) is 5.75. The Bertz CT molecular complexity index is 792. The SMILES string of the molecule is CCc1ccc(-c2ccccn2)n(-c2ccccc2)c1=O. The summed E-state index contributed by atoms with van der Waals surface area (Å²) < 4.78 is 1.74. The molecule has 3 rings (SSSR count). The first-order valence-corrected chi connectivity index (χ1v) is 7.03. The molecule has 0 atom stereocenters. The van der Waals surface area contributed by atoms with Crippen molar-refractivity contribution in [2.75, 3.05) is 0 Å². The molecule has 0 aliphatic heterocycles. The number of aromatic nitrogens is 2. The minimum Gasteiger partial charge on any atom is -0.275 e. The van der Waals surface area contributed by atoms with Crippen LogP contribution < -0.4 is 5.56 Å². The zero-order valence-corrected chi connectivity index (χ0v) is 11.9. The van der Waals surface area contributed by atoms with Crippen LogP contribution in [0.3, 0.4) is 0 Å². The van der Waals surface area contributed by atoms with Crippen molar-refractivity contribution >= 4 is 0 Å². The molecule has 0 unspecified atom stereocenters. The van der Waals surface area contributed by atoms with Gasteiger partial charge in [0, 0.05) is 17.4 Å². The van der Waals surface area contributed by atoms with Crippen molar-refractivity contribution < 1.29 is 0 Å². The quantitative estimate of drug-likeness (QED) is 0.734. The van der Waals surface area contributed by atoms with Gasteiger partial charge in [-0.05, 0) is 36.8 Å².